The van der Waals surface area contributed by atoms with E-state index in [-0.39, 0.29) is 11.9 Å². The van der Waals surface area contributed by atoms with Crippen molar-refractivity contribution in [2.24, 2.45) is 0 Å². The molecule has 0 radical (unpaired) electrons. The lowest BCUT2D eigenvalue weighted by Crippen LogP contribution is -2.08. The van der Waals surface area contributed by atoms with Gasteiger partial charge < -0.3 is 4.74 Å². The fourth-order valence-electron chi connectivity index (χ4n) is 1.83. The Morgan fingerprint density at radius 3 is 2.94 bits per heavy atom. The van der Waals surface area contributed by atoms with E-state index in [1.165, 1.54) is 11.3 Å². The molecule has 0 bridgehead atoms. The first-order valence-electron chi connectivity index (χ1n) is 5.26. The molecule has 1 fully saturated rings. The van der Waals surface area contributed by atoms with Crippen LogP contribution < -0.4 is 0 Å². The van der Waals surface area contributed by atoms with Gasteiger partial charge in [-0.3, -0.25) is 4.79 Å². The van der Waals surface area contributed by atoms with E-state index in [0.717, 1.165) is 25.9 Å². The standard InChI is InChI=1S/C11H12Cl2O2S/c12-10-6-8(11(13)16-10)9(14)4-3-7-2-1-5-15-7/h6-7H,1-5H2. The van der Waals surface area contributed by atoms with Gasteiger partial charge >= 0.3 is 0 Å². The van der Waals surface area contributed by atoms with Crippen LogP contribution in [-0.4, -0.2) is 18.5 Å². The third-order valence-corrected chi connectivity index (χ3v) is 4.16. The van der Waals surface area contributed by atoms with E-state index in [0.29, 0.717) is 20.7 Å². The molecule has 1 aromatic heterocycles. The monoisotopic (exact) mass is 278 g/mol. The van der Waals surface area contributed by atoms with Gasteiger partial charge in [0.25, 0.3) is 0 Å². The van der Waals surface area contributed by atoms with Gasteiger partial charge in [-0.05, 0) is 25.3 Å². The summed E-state index contributed by atoms with van der Waals surface area (Å²) in [4.78, 5) is 11.8. The number of carbonyl (C=O) groups is 1. The topological polar surface area (TPSA) is 26.3 Å². The molecule has 2 rings (SSSR count). The first-order chi connectivity index (χ1) is 7.66. The number of rotatable bonds is 4. The van der Waals surface area contributed by atoms with Crippen LogP contribution in [0.2, 0.25) is 8.67 Å². The number of ketones is 1. The van der Waals surface area contributed by atoms with E-state index in [4.69, 9.17) is 27.9 Å². The second kappa shape index (κ2) is 5.50. The molecule has 88 valence electrons. The lowest BCUT2D eigenvalue weighted by atomic mass is 10.1. The molecule has 0 aromatic carbocycles. The molecule has 0 N–H and O–H groups in total. The maximum atomic E-state index is 11.8. The van der Waals surface area contributed by atoms with Crippen LogP contribution in [0, 0.1) is 0 Å². The molecular formula is C11H12Cl2O2S. The van der Waals surface area contributed by atoms with Crippen molar-refractivity contribution in [1.82, 2.24) is 0 Å². The van der Waals surface area contributed by atoms with Crippen molar-refractivity contribution >= 4 is 40.3 Å². The first-order valence-corrected chi connectivity index (χ1v) is 6.83. The van der Waals surface area contributed by atoms with E-state index < -0.39 is 0 Å². The fraction of sp³-hybridized carbons (Fsp3) is 0.545. The van der Waals surface area contributed by atoms with E-state index in [1.54, 1.807) is 6.07 Å². The van der Waals surface area contributed by atoms with E-state index in [1.807, 2.05) is 0 Å². The van der Waals surface area contributed by atoms with Crippen LogP contribution >= 0.6 is 34.5 Å². The lowest BCUT2D eigenvalue weighted by Gasteiger charge is -2.07. The van der Waals surface area contributed by atoms with Crippen LogP contribution in [-0.2, 0) is 4.74 Å². The molecule has 2 heterocycles. The number of ether oxygens (including phenoxy) is 1. The second-order valence-electron chi connectivity index (χ2n) is 3.83. The van der Waals surface area contributed by atoms with Gasteiger partial charge in [-0.15, -0.1) is 11.3 Å². The van der Waals surface area contributed by atoms with E-state index >= 15 is 0 Å². The minimum Gasteiger partial charge on any atom is -0.378 e. The first kappa shape index (κ1) is 12.4. The molecule has 2 nitrogen and oxygen atoms in total. The number of hydrogen-bond donors (Lipinski definition) is 0. The predicted molar refractivity (Wildman–Crippen MR) is 66.9 cm³/mol. The van der Waals surface area contributed by atoms with Crippen molar-refractivity contribution in [3.63, 3.8) is 0 Å². The van der Waals surface area contributed by atoms with Crippen LogP contribution in [0.5, 0.6) is 0 Å². The quantitative estimate of drug-likeness (QED) is 0.772. The average molecular weight is 279 g/mol. The zero-order valence-electron chi connectivity index (χ0n) is 8.67. The second-order valence-corrected chi connectivity index (χ2v) is 6.12. The number of halogens is 2. The predicted octanol–water partition coefficient (Wildman–Crippen LogP) is 4.20. The Labute approximate surface area is 109 Å². The molecule has 5 heteroatoms. The van der Waals surface area contributed by atoms with E-state index in [2.05, 4.69) is 0 Å². The Morgan fingerprint density at radius 2 is 2.38 bits per heavy atom. The van der Waals surface area contributed by atoms with Crippen LogP contribution in [0.3, 0.4) is 0 Å². The zero-order chi connectivity index (χ0) is 11.5. The largest absolute Gasteiger partial charge is 0.378 e. The van der Waals surface area contributed by atoms with Gasteiger partial charge in [0, 0.05) is 18.6 Å². The summed E-state index contributed by atoms with van der Waals surface area (Å²) in [6.45, 7) is 0.823. The molecule has 0 amide bonds. The Balaban J connectivity index is 1.90. The van der Waals surface area contributed by atoms with Crippen molar-refractivity contribution in [3.8, 4) is 0 Å². The number of hydrogen-bond acceptors (Lipinski definition) is 3. The van der Waals surface area contributed by atoms with Gasteiger partial charge in [0.05, 0.1) is 10.4 Å². The summed E-state index contributed by atoms with van der Waals surface area (Å²) in [5.74, 6) is 0.0589. The summed E-state index contributed by atoms with van der Waals surface area (Å²) in [5, 5.41) is 0. The van der Waals surface area contributed by atoms with Crippen molar-refractivity contribution in [2.45, 2.75) is 31.8 Å². The number of Topliss-reactive ketones (excluding diaryl/α,β-unsaturated/α-hetero) is 1. The summed E-state index contributed by atoms with van der Waals surface area (Å²) in [5.41, 5.74) is 0.551. The third kappa shape index (κ3) is 2.98. The molecule has 1 unspecified atom stereocenters. The summed E-state index contributed by atoms with van der Waals surface area (Å²) in [7, 11) is 0. The van der Waals surface area contributed by atoms with Crippen LogP contribution in [0.1, 0.15) is 36.0 Å². The Bertz CT molecular complexity index is 383. The molecule has 1 atom stereocenters. The van der Waals surface area contributed by atoms with Crippen molar-refractivity contribution in [3.05, 3.63) is 20.3 Å². The third-order valence-electron chi connectivity index (χ3n) is 2.67. The van der Waals surface area contributed by atoms with E-state index in [9.17, 15) is 4.79 Å². The average Bonchev–Trinajstić information content (AvgIpc) is 2.84. The highest BCUT2D eigenvalue weighted by Crippen LogP contribution is 2.32. The molecular weight excluding hydrogens is 267 g/mol. The summed E-state index contributed by atoms with van der Waals surface area (Å²) in [6.07, 6.45) is 3.67. The normalized spacial score (nSPS) is 20.2. The van der Waals surface area contributed by atoms with Crippen molar-refractivity contribution in [1.29, 1.82) is 0 Å². The maximum Gasteiger partial charge on any atom is 0.165 e. The Kier molecular flexibility index (Phi) is 4.25. The molecule has 16 heavy (non-hydrogen) atoms. The minimum absolute atomic E-state index is 0.0589. The molecule has 1 aliphatic heterocycles. The summed E-state index contributed by atoms with van der Waals surface area (Å²) < 4.78 is 6.51. The highest BCUT2D eigenvalue weighted by molar-refractivity contribution is 7.20. The molecule has 1 saturated heterocycles. The van der Waals surface area contributed by atoms with Gasteiger partial charge in [0.1, 0.15) is 4.34 Å². The number of thiophene rings is 1. The van der Waals surface area contributed by atoms with Gasteiger partial charge in [-0.2, -0.15) is 0 Å². The summed E-state index contributed by atoms with van der Waals surface area (Å²) in [6, 6.07) is 1.65. The van der Waals surface area contributed by atoms with Crippen LogP contribution in [0.25, 0.3) is 0 Å². The minimum atomic E-state index is 0.0589. The molecule has 0 saturated carbocycles. The summed E-state index contributed by atoms with van der Waals surface area (Å²) >= 11 is 12.9. The van der Waals surface area contributed by atoms with Crippen molar-refractivity contribution < 1.29 is 9.53 Å². The fourth-order valence-corrected chi connectivity index (χ4v) is 3.33. The zero-order valence-corrected chi connectivity index (χ0v) is 11.0. The van der Waals surface area contributed by atoms with Gasteiger partial charge in [-0.1, -0.05) is 23.2 Å². The molecule has 1 aliphatic rings. The highest BCUT2D eigenvalue weighted by atomic mass is 35.5. The molecule has 0 spiro atoms. The molecule has 0 aliphatic carbocycles. The van der Waals surface area contributed by atoms with Crippen molar-refractivity contribution in [2.75, 3.05) is 6.61 Å². The van der Waals surface area contributed by atoms with Gasteiger partial charge in [-0.25, -0.2) is 0 Å². The molecule has 1 aromatic rings. The highest BCUT2D eigenvalue weighted by Gasteiger charge is 2.19. The number of carbonyl (C=O) groups excluding carboxylic acids is 1. The van der Waals surface area contributed by atoms with Crippen LogP contribution in [0.15, 0.2) is 6.07 Å². The lowest BCUT2D eigenvalue weighted by molar-refractivity contribution is 0.0860. The Morgan fingerprint density at radius 1 is 1.56 bits per heavy atom. The smallest absolute Gasteiger partial charge is 0.165 e. The van der Waals surface area contributed by atoms with Gasteiger partial charge in [0.2, 0.25) is 0 Å². The SMILES string of the molecule is O=C(CCC1CCCO1)c1cc(Cl)sc1Cl. The van der Waals surface area contributed by atoms with Gasteiger partial charge in [0.15, 0.2) is 5.78 Å². The maximum absolute atomic E-state index is 11.8. The van der Waals surface area contributed by atoms with Crippen LogP contribution in [0.4, 0.5) is 0 Å². The Hall–Kier alpha value is -0.0900.